The Labute approximate surface area is 150 Å². The molecule has 0 aromatic heterocycles. The fourth-order valence-corrected chi connectivity index (χ4v) is 2.31. The van der Waals surface area contributed by atoms with Crippen LogP contribution >= 0.6 is 22.6 Å². The summed E-state index contributed by atoms with van der Waals surface area (Å²) < 4.78 is 6.80. The lowest BCUT2D eigenvalue weighted by Crippen LogP contribution is -2.21. The van der Waals surface area contributed by atoms with Crippen molar-refractivity contribution >= 4 is 39.9 Å². The van der Waals surface area contributed by atoms with Gasteiger partial charge in [-0.25, -0.2) is 0 Å². The molecule has 0 aliphatic carbocycles. The van der Waals surface area contributed by atoms with E-state index >= 15 is 0 Å². The Balaban J connectivity index is 1.81. The van der Waals surface area contributed by atoms with Gasteiger partial charge in [-0.15, -0.1) is 0 Å². The number of hydrogen-bond acceptors (Lipinski definition) is 3. The molecule has 2 N–H and O–H groups in total. The molecule has 0 aliphatic heterocycles. The van der Waals surface area contributed by atoms with Gasteiger partial charge >= 0.3 is 0 Å². The molecule has 2 rings (SSSR count). The lowest BCUT2D eigenvalue weighted by Gasteiger charge is -2.10. The molecule has 0 spiro atoms. The third-order valence-electron chi connectivity index (χ3n) is 3.18. The number of amides is 1. The Morgan fingerprint density at radius 1 is 1.13 bits per heavy atom. The Bertz CT molecular complexity index is 629. The highest BCUT2D eigenvalue weighted by atomic mass is 127. The summed E-state index contributed by atoms with van der Waals surface area (Å²) in [6, 6.07) is 15.4. The first kappa shape index (κ1) is 17.6. The van der Waals surface area contributed by atoms with Gasteiger partial charge in [0.15, 0.2) is 0 Å². The number of carbonyl (C=O) groups excluding carboxylic acids is 1. The molecular weight excluding hydrogens is 403 g/mol. The van der Waals surface area contributed by atoms with E-state index in [1.165, 1.54) is 0 Å². The minimum Gasteiger partial charge on any atom is -0.494 e. The Morgan fingerprint density at radius 3 is 2.65 bits per heavy atom. The van der Waals surface area contributed by atoms with Gasteiger partial charge in [-0.1, -0.05) is 19.4 Å². The summed E-state index contributed by atoms with van der Waals surface area (Å²) in [7, 11) is 0. The monoisotopic (exact) mass is 424 g/mol. The van der Waals surface area contributed by atoms with E-state index in [2.05, 4.69) is 40.1 Å². The Kier molecular flexibility index (Phi) is 7.19. The predicted molar refractivity (Wildman–Crippen MR) is 103 cm³/mol. The minimum atomic E-state index is -0.0801. The second-order valence-electron chi connectivity index (χ2n) is 5.14. The molecule has 4 nitrogen and oxygen atoms in total. The van der Waals surface area contributed by atoms with Crippen LogP contribution in [0.15, 0.2) is 48.5 Å². The van der Waals surface area contributed by atoms with E-state index in [4.69, 9.17) is 4.74 Å². The molecule has 2 aromatic rings. The number of halogens is 1. The second-order valence-corrected chi connectivity index (χ2v) is 6.38. The molecule has 2 aromatic carbocycles. The van der Waals surface area contributed by atoms with Crippen LogP contribution in [0.5, 0.6) is 5.75 Å². The van der Waals surface area contributed by atoms with Crippen LogP contribution < -0.4 is 15.4 Å². The molecule has 0 saturated carbocycles. The average Bonchev–Trinajstić information content (AvgIpc) is 2.56. The lowest BCUT2D eigenvalue weighted by atomic mass is 10.3. The zero-order valence-corrected chi connectivity index (χ0v) is 15.3. The highest BCUT2D eigenvalue weighted by molar-refractivity contribution is 14.1. The largest absolute Gasteiger partial charge is 0.494 e. The van der Waals surface area contributed by atoms with Crippen molar-refractivity contribution < 1.29 is 9.53 Å². The molecule has 0 bridgehead atoms. The maximum Gasteiger partial charge on any atom is 0.243 e. The molecule has 0 aliphatic rings. The fraction of sp³-hybridized carbons (Fsp3) is 0.278. The van der Waals surface area contributed by atoms with Gasteiger partial charge in [0, 0.05) is 21.0 Å². The number of hydrogen-bond donors (Lipinski definition) is 2. The van der Waals surface area contributed by atoms with Crippen molar-refractivity contribution in [1.29, 1.82) is 0 Å². The summed E-state index contributed by atoms with van der Waals surface area (Å²) in [6.07, 6.45) is 2.15. The number of unbranched alkanes of at least 4 members (excludes halogenated alkanes) is 1. The molecule has 0 saturated heterocycles. The van der Waals surface area contributed by atoms with Crippen LogP contribution in [-0.2, 0) is 4.79 Å². The van der Waals surface area contributed by atoms with Crippen LogP contribution in [0.3, 0.4) is 0 Å². The van der Waals surface area contributed by atoms with E-state index < -0.39 is 0 Å². The summed E-state index contributed by atoms with van der Waals surface area (Å²) in [6.45, 7) is 3.06. The minimum absolute atomic E-state index is 0.0801. The van der Waals surface area contributed by atoms with Gasteiger partial charge in [0.1, 0.15) is 5.75 Å². The molecule has 0 radical (unpaired) electrons. The van der Waals surface area contributed by atoms with Crippen molar-refractivity contribution in [3.63, 3.8) is 0 Å². The summed E-state index contributed by atoms with van der Waals surface area (Å²) >= 11 is 2.23. The van der Waals surface area contributed by atoms with Crippen molar-refractivity contribution in [2.24, 2.45) is 0 Å². The number of carbonyl (C=O) groups is 1. The molecule has 23 heavy (non-hydrogen) atoms. The Hall–Kier alpha value is -1.76. The molecule has 0 unspecified atom stereocenters. The van der Waals surface area contributed by atoms with Crippen LogP contribution in [0, 0.1) is 3.57 Å². The molecule has 5 heteroatoms. The smallest absolute Gasteiger partial charge is 0.243 e. The van der Waals surface area contributed by atoms with Gasteiger partial charge in [0.05, 0.1) is 13.2 Å². The first-order chi connectivity index (χ1) is 11.2. The van der Waals surface area contributed by atoms with E-state index in [1.54, 1.807) is 0 Å². The van der Waals surface area contributed by atoms with Crippen molar-refractivity contribution in [2.45, 2.75) is 19.8 Å². The number of benzene rings is 2. The number of ether oxygens (including phenoxy) is 1. The molecular formula is C18H21IN2O2. The first-order valence-electron chi connectivity index (χ1n) is 7.69. The third kappa shape index (κ3) is 6.48. The molecule has 122 valence electrons. The van der Waals surface area contributed by atoms with Crippen molar-refractivity contribution in [3.8, 4) is 5.75 Å². The van der Waals surface area contributed by atoms with Gasteiger partial charge in [0.2, 0.25) is 5.91 Å². The molecule has 0 heterocycles. The zero-order valence-electron chi connectivity index (χ0n) is 13.1. The van der Waals surface area contributed by atoms with Crippen LogP contribution in [0.1, 0.15) is 19.8 Å². The number of rotatable bonds is 8. The van der Waals surface area contributed by atoms with Crippen molar-refractivity contribution in [2.75, 3.05) is 23.8 Å². The van der Waals surface area contributed by atoms with Crippen LogP contribution in [0.2, 0.25) is 0 Å². The van der Waals surface area contributed by atoms with E-state index in [9.17, 15) is 4.79 Å². The van der Waals surface area contributed by atoms with E-state index in [0.717, 1.165) is 33.5 Å². The van der Waals surface area contributed by atoms with Crippen LogP contribution in [-0.4, -0.2) is 19.1 Å². The SMILES string of the molecule is CCCCOc1cccc(NCC(=O)Nc2ccc(I)cc2)c1. The van der Waals surface area contributed by atoms with Gasteiger partial charge < -0.3 is 15.4 Å². The normalized spacial score (nSPS) is 10.2. The number of anilines is 2. The number of nitrogens with one attached hydrogen (secondary N) is 2. The highest BCUT2D eigenvalue weighted by Gasteiger charge is 2.03. The van der Waals surface area contributed by atoms with E-state index in [0.29, 0.717) is 6.61 Å². The first-order valence-corrected chi connectivity index (χ1v) is 8.77. The zero-order chi connectivity index (χ0) is 16.5. The molecule has 1 amide bonds. The second kappa shape index (κ2) is 9.39. The van der Waals surface area contributed by atoms with E-state index in [1.807, 2.05) is 48.5 Å². The van der Waals surface area contributed by atoms with Crippen molar-refractivity contribution in [1.82, 2.24) is 0 Å². The predicted octanol–water partition coefficient (Wildman–Crippen LogP) is 4.52. The average molecular weight is 424 g/mol. The Morgan fingerprint density at radius 2 is 1.91 bits per heavy atom. The standard InChI is InChI=1S/C18H21IN2O2/c1-2-3-11-23-17-6-4-5-16(12-17)20-13-18(22)21-15-9-7-14(19)8-10-15/h4-10,12,20H,2-3,11,13H2,1H3,(H,21,22). The summed E-state index contributed by atoms with van der Waals surface area (Å²) in [5.74, 6) is 0.741. The molecule has 0 atom stereocenters. The lowest BCUT2D eigenvalue weighted by molar-refractivity contribution is -0.114. The van der Waals surface area contributed by atoms with Gasteiger partial charge in [0.25, 0.3) is 0 Å². The van der Waals surface area contributed by atoms with Gasteiger partial charge in [-0.2, -0.15) is 0 Å². The van der Waals surface area contributed by atoms with E-state index in [-0.39, 0.29) is 12.5 Å². The highest BCUT2D eigenvalue weighted by Crippen LogP contribution is 2.17. The van der Waals surface area contributed by atoms with Gasteiger partial charge in [-0.3, -0.25) is 4.79 Å². The van der Waals surface area contributed by atoms with Crippen LogP contribution in [0.4, 0.5) is 11.4 Å². The summed E-state index contributed by atoms with van der Waals surface area (Å²) in [4.78, 5) is 12.0. The maximum atomic E-state index is 12.0. The van der Waals surface area contributed by atoms with Crippen LogP contribution in [0.25, 0.3) is 0 Å². The maximum absolute atomic E-state index is 12.0. The van der Waals surface area contributed by atoms with Crippen molar-refractivity contribution in [3.05, 3.63) is 52.1 Å². The summed E-state index contributed by atoms with van der Waals surface area (Å²) in [5.41, 5.74) is 1.67. The third-order valence-corrected chi connectivity index (χ3v) is 3.90. The topological polar surface area (TPSA) is 50.4 Å². The van der Waals surface area contributed by atoms with Gasteiger partial charge in [-0.05, 0) is 65.4 Å². The summed E-state index contributed by atoms with van der Waals surface area (Å²) in [5, 5.41) is 5.97. The molecule has 0 fully saturated rings. The quantitative estimate of drug-likeness (QED) is 0.484. The fourth-order valence-electron chi connectivity index (χ4n) is 1.95.